The summed E-state index contributed by atoms with van der Waals surface area (Å²) >= 11 is 12.3. The Morgan fingerprint density at radius 1 is 0.947 bits per heavy atom. The average molecular weight is 577 g/mol. The minimum absolute atomic E-state index is 0.0178. The summed E-state index contributed by atoms with van der Waals surface area (Å²) in [5, 5.41) is 3.14. The number of nitrogens with one attached hydrogen (secondary N) is 1. The van der Waals surface area contributed by atoms with Crippen LogP contribution in [0.1, 0.15) is 30.5 Å². The lowest BCUT2D eigenvalue weighted by Crippen LogP contribution is -2.51. The molecule has 38 heavy (non-hydrogen) atoms. The first-order chi connectivity index (χ1) is 17.9. The summed E-state index contributed by atoms with van der Waals surface area (Å²) in [4.78, 5) is 28.0. The van der Waals surface area contributed by atoms with E-state index in [1.807, 2.05) is 38.1 Å². The molecule has 2 amide bonds. The highest BCUT2D eigenvalue weighted by atomic mass is 35.5. The van der Waals surface area contributed by atoms with Crippen molar-refractivity contribution in [2.24, 2.45) is 0 Å². The third-order valence-electron chi connectivity index (χ3n) is 6.20. The summed E-state index contributed by atoms with van der Waals surface area (Å²) in [6, 6.07) is 17.4. The van der Waals surface area contributed by atoms with Gasteiger partial charge < -0.3 is 10.2 Å². The number of hydrogen-bond acceptors (Lipinski definition) is 4. The molecule has 0 saturated carbocycles. The summed E-state index contributed by atoms with van der Waals surface area (Å²) in [6.07, 6.45) is 0. The zero-order chi connectivity index (χ0) is 28.0. The maximum absolute atomic E-state index is 13.9. The lowest BCUT2D eigenvalue weighted by molar-refractivity contribution is -0.139. The van der Waals surface area contributed by atoms with Gasteiger partial charge >= 0.3 is 0 Å². The van der Waals surface area contributed by atoms with E-state index < -0.39 is 28.5 Å². The van der Waals surface area contributed by atoms with Crippen LogP contribution >= 0.6 is 23.2 Å². The number of nitrogens with zero attached hydrogens (tertiary/aromatic N) is 2. The van der Waals surface area contributed by atoms with Gasteiger partial charge in [0.2, 0.25) is 11.8 Å². The maximum atomic E-state index is 13.9. The van der Waals surface area contributed by atoms with E-state index in [1.54, 1.807) is 26.0 Å². The molecule has 0 aliphatic carbocycles. The van der Waals surface area contributed by atoms with Crippen molar-refractivity contribution >= 4 is 50.7 Å². The monoisotopic (exact) mass is 575 g/mol. The van der Waals surface area contributed by atoms with E-state index >= 15 is 0 Å². The number of carbonyl (C=O) groups excluding carboxylic acids is 2. The van der Waals surface area contributed by atoms with Crippen molar-refractivity contribution in [3.63, 3.8) is 0 Å². The minimum Gasteiger partial charge on any atom is -0.355 e. The lowest BCUT2D eigenvalue weighted by Gasteiger charge is -2.32. The Morgan fingerprint density at radius 2 is 1.61 bits per heavy atom. The number of aryl methyl sites for hydroxylation is 2. The van der Waals surface area contributed by atoms with Gasteiger partial charge in [-0.15, -0.1) is 0 Å². The summed E-state index contributed by atoms with van der Waals surface area (Å²) in [5.41, 5.74) is 2.86. The molecule has 1 atom stereocenters. The highest BCUT2D eigenvalue weighted by Crippen LogP contribution is 2.31. The zero-order valence-electron chi connectivity index (χ0n) is 21.7. The second-order valence-electron chi connectivity index (χ2n) is 8.94. The molecule has 0 saturated heterocycles. The van der Waals surface area contributed by atoms with Crippen LogP contribution in [0.2, 0.25) is 10.0 Å². The zero-order valence-corrected chi connectivity index (χ0v) is 24.1. The van der Waals surface area contributed by atoms with Crippen LogP contribution in [0.25, 0.3) is 0 Å². The van der Waals surface area contributed by atoms with E-state index in [0.717, 1.165) is 21.0 Å². The van der Waals surface area contributed by atoms with Crippen LogP contribution in [-0.2, 0) is 26.2 Å². The van der Waals surface area contributed by atoms with Crippen LogP contribution in [-0.4, -0.2) is 44.3 Å². The molecular weight excluding hydrogens is 545 g/mol. The first-order valence-electron chi connectivity index (χ1n) is 12.1. The van der Waals surface area contributed by atoms with Gasteiger partial charge in [-0.1, -0.05) is 65.2 Å². The van der Waals surface area contributed by atoms with Gasteiger partial charge in [-0.05, 0) is 69.2 Å². The van der Waals surface area contributed by atoms with Crippen LogP contribution in [0.15, 0.2) is 71.6 Å². The van der Waals surface area contributed by atoms with E-state index in [1.165, 1.54) is 35.2 Å². The van der Waals surface area contributed by atoms with Crippen LogP contribution in [0.3, 0.4) is 0 Å². The molecule has 0 bridgehead atoms. The molecule has 0 heterocycles. The molecule has 0 spiro atoms. The minimum atomic E-state index is -4.18. The van der Waals surface area contributed by atoms with Gasteiger partial charge in [0, 0.05) is 13.1 Å². The van der Waals surface area contributed by atoms with Crippen molar-refractivity contribution in [1.29, 1.82) is 0 Å². The predicted octanol–water partition coefficient (Wildman–Crippen LogP) is 5.36. The van der Waals surface area contributed by atoms with Gasteiger partial charge in [0.25, 0.3) is 10.0 Å². The summed E-state index contributed by atoms with van der Waals surface area (Å²) in [6.45, 7) is 7.15. The molecule has 1 N–H and O–H groups in total. The molecule has 3 aromatic carbocycles. The largest absolute Gasteiger partial charge is 0.355 e. The van der Waals surface area contributed by atoms with E-state index in [9.17, 15) is 18.0 Å². The lowest BCUT2D eigenvalue weighted by atomic mass is 10.1. The molecule has 3 aromatic rings. The second kappa shape index (κ2) is 12.7. The van der Waals surface area contributed by atoms with Gasteiger partial charge in [-0.3, -0.25) is 13.9 Å². The quantitative estimate of drug-likeness (QED) is 0.352. The number of hydrogen-bond donors (Lipinski definition) is 1. The Bertz CT molecular complexity index is 1410. The Hall–Kier alpha value is -3.07. The van der Waals surface area contributed by atoms with Gasteiger partial charge in [-0.2, -0.15) is 0 Å². The number of rotatable bonds is 10. The fraction of sp³-hybridized carbons (Fsp3) is 0.286. The summed E-state index contributed by atoms with van der Waals surface area (Å²) < 4.78 is 28.6. The fourth-order valence-corrected chi connectivity index (χ4v) is 5.58. The SMILES string of the molecule is CCNC(=O)C(C)N(Cc1ccccc1C)C(=O)CN(c1ccc(Cl)c(Cl)c1)S(=O)(=O)c1ccc(C)cc1. The Labute approximate surface area is 234 Å². The standard InChI is InChI=1S/C28H31Cl2N3O4S/c1-5-31-28(35)21(4)32(17-22-9-7-6-8-20(22)3)27(34)18-33(23-12-15-25(29)26(30)16-23)38(36,37)24-13-10-19(2)11-14-24/h6-16,21H,5,17-18H2,1-4H3,(H,31,35). The molecule has 0 fully saturated rings. The highest BCUT2D eigenvalue weighted by molar-refractivity contribution is 7.92. The number of carbonyl (C=O) groups is 2. The topological polar surface area (TPSA) is 86.8 Å². The van der Waals surface area contributed by atoms with Crippen LogP contribution in [0, 0.1) is 13.8 Å². The molecule has 0 aromatic heterocycles. The number of halogens is 2. The van der Waals surface area contributed by atoms with Crippen molar-refractivity contribution < 1.29 is 18.0 Å². The van der Waals surface area contributed by atoms with E-state index in [2.05, 4.69) is 5.32 Å². The molecule has 0 aliphatic rings. The molecular formula is C28H31Cl2N3O4S. The first-order valence-corrected chi connectivity index (χ1v) is 14.3. The van der Waals surface area contributed by atoms with Crippen molar-refractivity contribution in [3.05, 3.63) is 93.5 Å². The van der Waals surface area contributed by atoms with Crippen LogP contribution in [0.4, 0.5) is 5.69 Å². The Kier molecular flexibility index (Phi) is 9.82. The van der Waals surface area contributed by atoms with Crippen molar-refractivity contribution in [2.45, 2.75) is 45.2 Å². The third-order valence-corrected chi connectivity index (χ3v) is 8.73. The molecule has 0 aliphatic heterocycles. The molecule has 10 heteroatoms. The number of anilines is 1. The number of likely N-dealkylation sites (N-methyl/N-ethyl adjacent to an activating group) is 1. The molecule has 7 nitrogen and oxygen atoms in total. The number of amides is 2. The molecule has 202 valence electrons. The van der Waals surface area contributed by atoms with Gasteiger partial charge in [-0.25, -0.2) is 8.42 Å². The van der Waals surface area contributed by atoms with E-state index in [-0.39, 0.29) is 33.1 Å². The van der Waals surface area contributed by atoms with E-state index in [4.69, 9.17) is 23.2 Å². The van der Waals surface area contributed by atoms with Gasteiger partial charge in [0.15, 0.2) is 0 Å². The van der Waals surface area contributed by atoms with E-state index in [0.29, 0.717) is 6.54 Å². The average Bonchev–Trinajstić information content (AvgIpc) is 2.88. The Balaban J connectivity index is 2.07. The van der Waals surface area contributed by atoms with Crippen molar-refractivity contribution in [1.82, 2.24) is 10.2 Å². The Morgan fingerprint density at radius 3 is 2.21 bits per heavy atom. The molecule has 0 radical (unpaired) electrons. The third kappa shape index (κ3) is 6.87. The van der Waals surface area contributed by atoms with Gasteiger partial charge in [0.05, 0.1) is 20.6 Å². The summed E-state index contributed by atoms with van der Waals surface area (Å²) in [7, 11) is -4.18. The number of benzene rings is 3. The van der Waals surface area contributed by atoms with Crippen LogP contribution < -0.4 is 9.62 Å². The predicted molar refractivity (Wildman–Crippen MR) is 152 cm³/mol. The highest BCUT2D eigenvalue weighted by Gasteiger charge is 2.32. The molecule has 3 rings (SSSR count). The normalized spacial score (nSPS) is 12.1. The molecule has 1 unspecified atom stereocenters. The smallest absolute Gasteiger partial charge is 0.264 e. The number of sulfonamides is 1. The van der Waals surface area contributed by atoms with Crippen molar-refractivity contribution in [3.8, 4) is 0 Å². The summed E-state index contributed by atoms with van der Waals surface area (Å²) in [5.74, 6) is -0.884. The maximum Gasteiger partial charge on any atom is 0.264 e. The van der Waals surface area contributed by atoms with Crippen LogP contribution in [0.5, 0.6) is 0 Å². The van der Waals surface area contributed by atoms with Gasteiger partial charge in [0.1, 0.15) is 12.6 Å². The first kappa shape index (κ1) is 29.5. The second-order valence-corrected chi connectivity index (χ2v) is 11.6. The van der Waals surface area contributed by atoms with Crippen molar-refractivity contribution in [2.75, 3.05) is 17.4 Å². The fourth-order valence-electron chi connectivity index (χ4n) is 3.88.